The molecule has 0 bridgehead atoms. The fourth-order valence-electron chi connectivity index (χ4n) is 3.77. The van der Waals surface area contributed by atoms with Crippen LogP contribution in [0.25, 0.3) is 11.3 Å². The summed E-state index contributed by atoms with van der Waals surface area (Å²) in [5.74, 6) is 1.63. The third-order valence-corrected chi connectivity index (χ3v) is 5.34. The molecule has 2 aromatic carbocycles. The van der Waals surface area contributed by atoms with E-state index >= 15 is 0 Å². The number of β-amino-alcohol motifs (C(OH)–C–C–N with tert-alkyl or cyclic N) is 1. The van der Waals surface area contributed by atoms with E-state index in [0.29, 0.717) is 6.54 Å². The zero-order valence-electron chi connectivity index (χ0n) is 18.4. The summed E-state index contributed by atoms with van der Waals surface area (Å²) in [4.78, 5) is 4.61. The smallest absolute Gasteiger partial charge is 0.142 e. The standard InChI is InChI=1S/C23H28N4O3.3ClH/c1-29-23-8-3-2-7-22(23)27-13-11-26(12-14-27)16-19(28)17-30-20-6-4-5-18(15-20)21-9-10-24-25-21;;;/h2-10,15,19,28H,11-14,16-17H2,1H3,(H,24,25);3*1H. The van der Waals surface area contributed by atoms with Gasteiger partial charge in [0.05, 0.1) is 18.5 Å². The highest BCUT2D eigenvalue weighted by Gasteiger charge is 2.21. The lowest BCUT2D eigenvalue weighted by atomic mass is 10.1. The molecule has 182 valence electrons. The van der Waals surface area contributed by atoms with Crippen LogP contribution in [-0.4, -0.2) is 72.7 Å². The Hall–Kier alpha value is -2.16. The molecule has 1 saturated heterocycles. The first-order valence-corrected chi connectivity index (χ1v) is 10.2. The number of nitrogens with one attached hydrogen (secondary N) is 1. The second-order valence-corrected chi connectivity index (χ2v) is 7.41. The average molecular weight is 518 g/mol. The Morgan fingerprint density at radius 2 is 1.76 bits per heavy atom. The molecule has 1 aromatic heterocycles. The number of hydrogen-bond donors (Lipinski definition) is 2. The van der Waals surface area contributed by atoms with Crippen LogP contribution in [0.5, 0.6) is 11.5 Å². The topological polar surface area (TPSA) is 73.8 Å². The Morgan fingerprint density at radius 3 is 2.45 bits per heavy atom. The van der Waals surface area contributed by atoms with Crippen LogP contribution in [0.1, 0.15) is 0 Å². The molecule has 2 heterocycles. The molecule has 0 spiro atoms. The number of H-pyrrole nitrogens is 1. The molecule has 0 radical (unpaired) electrons. The molecule has 1 unspecified atom stereocenters. The molecular formula is C23H31Cl3N4O3. The van der Waals surface area contributed by atoms with Crippen molar-refractivity contribution in [1.82, 2.24) is 15.1 Å². The number of para-hydroxylation sites is 2. The molecule has 7 nitrogen and oxygen atoms in total. The van der Waals surface area contributed by atoms with Gasteiger partial charge in [0.25, 0.3) is 0 Å². The molecule has 10 heteroatoms. The summed E-state index contributed by atoms with van der Waals surface area (Å²) in [7, 11) is 1.70. The van der Waals surface area contributed by atoms with Crippen molar-refractivity contribution < 1.29 is 14.6 Å². The third-order valence-electron chi connectivity index (χ3n) is 5.34. The fraction of sp³-hybridized carbons (Fsp3) is 0.348. The first-order valence-electron chi connectivity index (χ1n) is 10.2. The number of nitrogens with zero attached hydrogens (tertiary/aromatic N) is 3. The summed E-state index contributed by atoms with van der Waals surface area (Å²) in [6.45, 7) is 4.45. The van der Waals surface area contributed by atoms with E-state index in [1.165, 1.54) is 0 Å². The molecule has 3 aromatic rings. The van der Waals surface area contributed by atoms with Crippen molar-refractivity contribution in [2.24, 2.45) is 0 Å². The molecule has 1 aliphatic heterocycles. The second kappa shape index (κ2) is 14.2. The Balaban J connectivity index is 0.00000181. The lowest BCUT2D eigenvalue weighted by Gasteiger charge is -2.37. The van der Waals surface area contributed by atoms with E-state index in [9.17, 15) is 5.11 Å². The van der Waals surface area contributed by atoms with Gasteiger partial charge in [-0.3, -0.25) is 10.00 Å². The van der Waals surface area contributed by atoms with Crippen LogP contribution >= 0.6 is 37.2 Å². The van der Waals surface area contributed by atoms with Crippen LogP contribution in [0.15, 0.2) is 60.8 Å². The van der Waals surface area contributed by atoms with Gasteiger partial charge in [0.15, 0.2) is 0 Å². The van der Waals surface area contributed by atoms with Crippen molar-refractivity contribution in [3.8, 4) is 22.8 Å². The number of rotatable bonds is 8. The Morgan fingerprint density at radius 1 is 1.00 bits per heavy atom. The molecule has 1 atom stereocenters. The van der Waals surface area contributed by atoms with E-state index in [1.54, 1.807) is 13.3 Å². The predicted octanol–water partition coefficient (Wildman–Crippen LogP) is 3.91. The maximum Gasteiger partial charge on any atom is 0.142 e. The van der Waals surface area contributed by atoms with Crippen LogP contribution in [0.3, 0.4) is 0 Å². The van der Waals surface area contributed by atoms with E-state index in [-0.39, 0.29) is 43.8 Å². The van der Waals surface area contributed by atoms with Crippen LogP contribution in [0.2, 0.25) is 0 Å². The second-order valence-electron chi connectivity index (χ2n) is 7.41. The summed E-state index contributed by atoms with van der Waals surface area (Å²) in [5, 5.41) is 17.5. The number of piperazine rings is 1. The van der Waals surface area contributed by atoms with Gasteiger partial charge in [-0.15, -0.1) is 37.2 Å². The van der Waals surface area contributed by atoms with Crippen LogP contribution in [0.4, 0.5) is 5.69 Å². The van der Waals surface area contributed by atoms with E-state index in [4.69, 9.17) is 9.47 Å². The number of benzene rings is 2. The summed E-state index contributed by atoms with van der Waals surface area (Å²) in [6.07, 6.45) is 1.25. The molecule has 1 aliphatic rings. The Bertz CT molecular complexity index is 938. The zero-order valence-corrected chi connectivity index (χ0v) is 20.9. The van der Waals surface area contributed by atoms with Crippen molar-refractivity contribution >= 4 is 42.9 Å². The van der Waals surface area contributed by atoms with Gasteiger partial charge in [0.1, 0.15) is 24.2 Å². The average Bonchev–Trinajstić information content (AvgIpc) is 3.34. The monoisotopic (exact) mass is 516 g/mol. The van der Waals surface area contributed by atoms with Gasteiger partial charge >= 0.3 is 0 Å². The quantitative estimate of drug-likeness (QED) is 0.472. The lowest BCUT2D eigenvalue weighted by Crippen LogP contribution is -2.49. The van der Waals surface area contributed by atoms with E-state index in [0.717, 1.165) is 54.6 Å². The van der Waals surface area contributed by atoms with Gasteiger partial charge < -0.3 is 19.5 Å². The number of anilines is 1. The maximum absolute atomic E-state index is 10.5. The zero-order chi connectivity index (χ0) is 20.8. The first kappa shape index (κ1) is 28.9. The molecular weight excluding hydrogens is 487 g/mol. The SMILES string of the molecule is COc1ccccc1N1CCN(CC(O)COc2cccc(-c3cc[nH]n3)c2)CC1.Cl.Cl.Cl. The number of aliphatic hydroxyl groups is 1. The number of halogens is 3. The normalized spacial score (nSPS) is 14.3. The highest BCUT2D eigenvalue weighted by molar-refractivity contribution is 5.86. The predicted molar refractivity (Wildman–Crippen MR) is 139 cm³/mol. The lowest BCUT2D eigenvalue weighted by molar-refractivity contribution is 0.0663. The summed E-state index contributed by atoms with van der Waals surface area (Å²) >= 11 is 0. The number of aliphatic hydroxyl groups excluding tert-OH is 1. The minimum absolute atomic E-state index is 0. The first-order chi connectivity index (χ1) is 14.7. The minimum Gasteiger partial charge on any atom is -0.495 e. The Labute approximate surface area is 213 Å². The van der Waals surface area contributed by atoms with Crippen molar-refractivity contribution in [3.63, 3.8) is 0 Å². The molecule has 4 rings (SSSR count). The van der Waals surface area contributed by atoms with Gasteiger partial charge in [-0.25, -0.2) is 0 Å². The van der Waals surface area contributed by atoms with E-state index in [1.807, 2.05) is 48.5 Å². The number of ether oxygens (including phenoxy) is 2. The van der Waals surface area contributed by atoms with Gasteiger partial charge in [-0.1, -0.05) is 24.3 Å². The minimum atomic E-state index is -0.545. The number of aromatic nitrogens is 2. The van der Waals surface area contributed by atoms with Crippen molar-refractivity contribution in [2.75, 3.05) is 51.3 Å². The highest BCUT2D eigenvalue weighted by Crippen LogP contribution is 2.28. The number of methoxy groups -OCH3 is 1. The van der Waals surface area contributed by atoms with E-state index < -0.39 is 6.10 Å². The van der Waals surface area contributed by atoms with Gasteiger partial charge in [0.2, 0.25) is 0 Å². The van der Waals surface area contributed by atoms with Crippen molar-refractivity contribution in [1.29, 1.82) is 0 Å². The maximum atomic E-state index is 10.5. The fourth-order valence-corrected chi connectivity index (χ4v) is 3.77. The van der Waals surface area contributed by atoms with Crippen LogP contribution in [-0.2, 0) is 0 Å². The van der Waals surface area contributed by atoms with Gasteiger partial charge in [0, 0.05) is 44.5 Å². The van der Waals surface area contributed by atoms with E-state index in [2.05, 4.69) is 26.1 Å². The van der Waals surface area contributed by atoms with Crippen molar-refractivity contribution in [2.45, 2.75) is 6.10 Å². The van der Waals surface area contributed by atoms with Gasteiger partial charge in [-0.05, 0) is 30.3 Å². The summed E-state index contributed by atoms with van der Waals surface area (Å²) < 4.78 is 11.3. The highest BCUT2D eigenvalue weighted by atomic mass is 35.5. The van der Waals surface area contributed by atoms with Crippen molar-refractivity contribution in [3.05, 3.63) is 60.8 Å². The molecule has 0 amide bonds. The largest absolute Gasteiger partial charge is 0.495 e. The van der Waals surface area contributed by atoms with Crippen LogP contribution < -0.4 is 14.4 Å². The number of hydrogen-bond acceptors (Lipinski definition) is 6. The molecule has 2 N–H and O–H groups in total. The summed E-state index contributed by atoms with van der Waals surface area (Å²) in [5.41, 5.74) is 2.98. The molecule has 33 heavy (non-hydrogen) atoms. The molecule has 1 fully saturated rings. The third kappa shape index (κ3) is 7.69. The molecule has 0 saturated carbocycles. The Kier molecular flexibility index (Phi) is 12.4. The summed E-state index contributed by atoms with van der Waals surface area (Å²) in [6, 6.07) is 17.8. The number of aromatic amines is 1. The molecule has 0 aliphatic carbocycles. The van der Waals surface area contributed by atoms with Crippen LogP contribution in [0, 0.1) is 0 Å². The van der Waals surface area contributed by atoms with Gasteiger partial charge in [-0.2, -0.15) is 5.10 Å².